The van der Waals surface area contributed by atoms with Gasteiger partial charge in [-0.15, -0.1) is 0 Å². The van der Waals surface area contributed by atoms with E-state index >= 15 is 0 Å². The lowest BCUT2D eigenvalue weighted by Gasteiger charge is -2.10. The van der Waals surface area contributed by atoms with Crippen LogP contribution in [0.5, 0.6) is 0 Å². The highest BCUT2D eigenvalue weighted by Gasteiger charge is 2.21. The van der Waals surface area contributed by atoms with E-state index in [4.69, 9.17) is 4.42 Å². The molecule has 0 bridgehead atoms. The monoisotopic (exact) mass is 327 g/mol. The van der Waals surface area contributed by atoms with E-state index in [0.717, 1.165) is 42.4 Å². The van der Waals surface area contributed by atoms with Crippen LogP contribution in [0.1, 0.15) is 24.2 Å². The summed E-state index contributed by atoms with van der Waals surface area (Å²) < 4.78 is 33.7. The summed E-state index contributed by atoms with van der Waals surface area (Å²) in [4.78, 5) is 0.267. The summed E-state index contributed by atoms with van der Waals surface area (Å²) in [5.74, 6) is 1.01. The van der Waals surface area contributed by atoms with Crippen molar-refractivity contribution < 1.29 is 12.8 Å². The van der Waals surface area contributed by atoms with E-state index in [1.54, 1.807) is 42.5 Å². The van der Waals surface area contributed by atoms with Gasteiger partial charge in [0.15, 0.2) is 0 Å². The Morgan fingerprint density at radius 3 is 2.57 bits per heavy atom. The highest BCUT2D eigenvalue weighted by molar-refractivity contribution is 7.92. The molecule has 1 aromatic heterocycles. The molecule has 0 amide bonds. The van der Waals surface area contributed by atoms with Gasteiger partial charge in [0.05, 0.1) is 4.90 Å². The Bertz CT molecular complexity index is 959. The number of anilines is 1. The molecule has 5 heteroatoms. The summed E-state index contributed by atoms with van der Waals surface area (Å²) in [5.41, 5.74) is 2.50. The number of hydrogen-bond donors (Lipinski definition) is 1. The van der Waals surface area contributed by atoms with Crippen LogP contribution in [0, 0.1) is 0 Å². The number of fused-ring (bicyclic) bond motifs is 3. The maximum atomic E-state index is 12.6. The molecule has 0 radical (unpaired) electrons. The Morgan fingerprint density at radius 2 is 1.74 bits per heavy atom. The second-order valence-electron chi connectivity index (χ2n) is 5.84. The molecule has 2 aromatic carbocycles. The molecule has 1 aliphatic rings. The first-order valence-electron chi connectivity index (χ1n) is 7.76. The third-order valence-corrected chi connectivity index (χ3v) is 5.64. The Hall–Kier alpha value is -2.27. The van der Waals surface area contributed by atoms with Crippen LogP contribution in [-0.2, 0) is 22.9 Å². The molecule has 1 aliphatic carbocycles. The van der Waals surface area contributed by atoms with Gasteiger partial charge >= 0.3 is 0 Å². The van der Waals surface area contributed by atoms with Crippen LogP contribution in [0.3, 0.4) is 0 Å². The highest BCUT2D eigenvalue weighted by Crippen LogP contribution is 2.33. The molecule has 0 spiro atoms. The molecular formula is C18H17NO3S. The van der Waals surface area contributed by atoms with Crippen molar-refractivity contribution >= 4 is 26.7 Å². The Labute approximate surface area is 135 Å². The second-order valence-corrected chi connectivity index (χ2v) is 7.52. The quantitative estimate of drug-likeness (QED) is 0.787. The Balaban J connectivity index is 1.76. The fourth-order valence-electron chi connectivity index (χ4n) is 3.13. The van der Waals surface area contributed by atoms with Gasteiger partial charge in [-0.05, 0) is 49.6 Å². The molecule has 0 saturated heterocycles. The zero-order valence-corrected chi connectivity index (χ0v) is 13.4. The number of rotatable bonds is 3. The first kappa shape index (κ1) is 14.3. The van der Waals surface area contributed by atoms with E-state index in [0.29, 0.717) is 5.69 Å². The number of sulfonamides is 1. The fraction of sp³-hybridized carbons (Fsp3) is 0.222. The van der Waals surface area contributed by atoms with Crippen molar-refractivity contribution in [3.05, 3.63) is 59.9 Å². The average molecular weight is 327 g/mol. The molecule has 0 saturated carbocycles. The van der Waals surface area contributed by atoms with Gasteiger partial charge < -0.3 is 4.42 Å². The topological polar surface area (TPSA) is 59.3 Å². The second kappa shape index (κ2) is 5.42. The van der Waals surface area contributed by atoms with Crippen LogP contribution < -0.4 is 4.72 Å². The minimum atomic E-state index is -3.60. The van der Waals surface area contributed by atoms with Crippen LogP contribution in [-0.4, -0.2) is 8.42 Å². The molecule has 1 heterocycles. The molecule has 1 N–H and O–H groups in total. The van der Waals surface area contributed by atoms with Gasteiger partial charge in [0.1, 0.15) is 11.3 Å². The fourth-order valence-corrected chi connectivity index (χ4v) is 4.21. The van der Waals surface area contributed by atoms with Crippen molar-refractivity contribution in [1.82, 2.24) is 0 Å². The third-order valence-electron chi connectivity index (χ3n) is 4.26. The molecular weight excluding hydrogens is 310 g/mol. The van der Waals surface area contributed by atoms with Gasteiger partial charge in [-0.2, -0.15) is 0 Å². The number of furan rings is 1. The number of nitrogens with one attached hydrogen (secondary N) is 1. The molecule has 23 heavy (non-hydrogen) atoms. The van der Waals surface area contributed by atoms with Gasteiger partial charge in [-0.25, -0.2) is 8.42 Å². The van der Waals surface area contributed by atoms with Crippen molar-refractivity contribution in [2.24, 2.45) is 0 Å². The Morgan fingerprint density at radius 1 is 0.957 bits per heavy atom. The van der Waals surface area contributed by atoms with E-state index in [-0.39, 0.29) is 4.90 Å². The van der Waals surface area contributed by atoms with Gasteiger partial charge in [-0.1, -0.05) is 18.2 Å². The van der Waals surface area contributed by atoms with Crippen LogP contribution in [0.25, 0.3) is 11.0 Å². The predicted octanol–water partition coefficient (Wildman–Crippen LogP) is 4.11. The number of benzene rings is 2. The van der Waals surface area contributed by atoms with Crippen molar-refractivity contribution in [1.29, 1.82) is 0 Å². The minimum absolute atomic E-state index is 0.267. The summed E-state index contributed by atoms with van der Waals surface area (Å²) in [6.45, 7) is 0. The van der Waals surface area contributed by atoms with E-state index in [1.807, 2.05) is 6.07 Å². The van der Waals surface area contributed by atoms with Crippen LogP contribution in [0.15, 0.2) is 57.8 Å². The van der Waals surface area contributed by atoms with Gasteiger partial charge in [-0.3, -0.25) is 4.72 Å². The SMILES string of the molecule is O=S(=O)(Nc1ccccc1)c1ccc2oc3c(c2c1)CCCC3. The van der Waals surface area contributed by atoms with Crippen molar-refractivity contribution in [2.45, 2.75) is 30.6 Å². The largest absolute Gasteiger partial charge is 0.461 e. The van der Waals surface area contributed by atoms with Crippen molar-refractivity contribution in [3.63, 3.8) is 0 Å². The van der Waals surface area contributed by atoms with Crippen LogP contribution in [0.2, 0.25) is 0 Å². The Kier molecular flexibility index (Phi) is 3.38. The normalized spacial score (nSPS) is 14.6. The van der Waals surface area contributed by atoms with Gasteiger partial charge in [0.2, 0.25) is 0 Å². The molecule has 4 nitrogen and oxygen atoms in total. The van der Waals surface area contributed by atoms with E-state index in [2.05, 4.69) is 4.72 Å². The third kappa shape index (κ3) is 2.61. The summed E-state index contributed by atoms with van der Waals surface area (Å²) in [5, 5.41) is 0.927. The maximum Gasteiger partial charge on any atom is 0.261 e. The number of hydrogen-bond acceptors (Lipinski definition) is 3. The lowest BCUT2D eigenvalue weighted by atomic mass is 9.96. The molecule has 0 fully saturated rings. The molecule has 0 unspecified atom stereocenters. The molecule has 0 atom stereocenters. The van der Waals surface area contributed by atoms with Gasteiger partial charge in [0.25, 0.3) is 10.0 Å². The maximum absolute atomic E-state index is 12.6. The van der Waals surface area contributed by atoms with Crippen molar-refractivity contribution in [3.8, 4) is 0 Å². The first-order chi connectivity index (χ1) is 11.1. The lowest BCUT2D eigenvalue weighted by molar-refractivity contribution is 0.506. The summed E-state index contributed by atoms with van der Waals surface area (Å²) >= 11 is 0. The van der Waals surface area contributed by atoms with Gasteiger partial charge in [0, 0.05) is 23.1 Å². The zero-order valence-electron chi connectivity index (χ0n) is 12.6. The molecule has 0 aliphatic heterocycles. The van der Waals surface area contributed by atoms with Crippen LogP contribution in [0.4, 0.5) is 5.69 Å². The summed E-state index contributed by atoms with van der Waals surface area (Å²) in [6.07, 6.45) is 4.15. The average Bonchev–Trinajstić information content (AvgIpc) is 2.93. The highest BCUT2D eigenvalue weighted by atomic mass is 32.2. The predicted molar refractivity (Wildman–Crippen MR) is 90.1 cm³/mol. The van der Waals surface area contributed by atoms with Crippen molar-refractivity contribution in [2.75, 3.05) is 4.72 Å². The number of aryl methyl sites for hydroxylation is 2. The number of para-hydroxylation sites is 1. The van der Waals surface area contributed by atoms with E-state index in [1.165, 1.54) is 5.56 Å². The van der Waals surface area contributed by atoms with E-state index < -0.39 is 10.0 Å². The molecule has 4 rings (SSSR count). The zero-order chi connectivity index (χ0) is 15.9. The molecule has 118 valence electrons. The standard InChI is InChI=1S/C18H17NO3S/c20-23(21,19-13-6-2-1-3-7-13)14-10-11-18-16(12-14)15-8-4-5-9-17(15)22-18/h1-3,6-7,10-12,19H,4-5,8-9H2. The molecule has 3 aromatic rings. The summed E-state index contributed by atoms with van der Waals surface area (Å²) in [6, 6.07) is 14.0. The van der Waals surface area contributed by atoms with E-state index in [9.17, 15) is 8.42 Å². The summed E-state index contributed by atoms with van der Waals surface area (Å²) in [7, 11) is -3.60. The smallest absolute Gasteiger partial charge is 0.261 e. The van der Waals surface area contributed by atoms with Crippen LogP contribution >= 0.6 is 0 Å². The first-order valence-corrected chi connectivity index (χ1v) is 9.24. The minimum Gasteiger partial charge on any atom is -0.461 e. The lowest BCUT2D eigenvalue weighted by Crippen LogP contribution is -2.12.